The Morgan fingerprint density at radius 1 is 1.03 bits per heavy atom. The molecule has 0 saturated carbocycles. The van der Waals surface area contributed by atoms with Gasteiger partial charge in [-0.1, -0.05) is 18.6 Å². The predicted octanol–water partition coefficient (Wildman–Crippen LogP) is 2.97. The van der Waals surface area contributed by atoms with Crippen LogP contribution >= 0.6 is 0 Å². The minimum absolute atomic E-state index is 0.0334. The molecule has 2 aliphatic heterocycles. The number of benzene rings is 2. The van der Waals surface area contributed by atoms with E-state index in [4.69, 9.17) is 14.5 Å². The number of aromatic nitrogens is 2. The Morgan fingerprint density at radius 2 is 1.85 bits per heavy atom. The molecular weight excluding hydrogens is 432 g/mol. The third-order valence-corrected chi connectivity index (χ3v) is 6.40. The smallest absolute Gasteiger partial charge is 0.262 e. The molecule has 178 valence electrons. The number of hydrogen-bond donors (Lipinski definition) is 1. The van der Waals surface area contributed by atoms with Crippen molar-refractivity contribution in [2.75, 3.05) is 38.2 Å². The number of carbonyl (C=O) groups is 1. The molecule has 1 N–H and O–H groups in total. The summed E-state index contributed by atoms with van der Waals surface area (Å²) in [6.07, 6.45) is 3.99. The fraction of sp³-hybridized carbons (Fsp3) is 0.423. The van der Waals surface area contributed by atoms with Crippen molar-refractivity contribution >= 4 is 22.5 Å². The van der Waals surface area contributed by atoms with Gasteiger partial charge in [0.1, 0.15) is 11.6 Å². The van der Waals surface area contributed by atoms with Crippen LogP contribution in [0.2, 0.25) is 0 Å². The van der Waals surface area contributed by atoms with E-state index >= 15 is 0 Å². The second-order valence-electron chi connectivity index (χ2n) is 8.90. The molecule has 1 fully saturated rings. The van der Waals surface area contributed by atoms with Crippen molar-refractivity contribution in [1.82, 2.24) is 14.5 Å². The summed E-state index contributed by atoms with van der Waals surface area (Å²) in [5.74, 6) is 1.09. The van der Waals surface area contributed by atoms with Crippen molar-refractivity contribution in [2.24, 2.45) is 0 Å². The maximum atomic E-state index is 13.0. The minimum atomic E-state index is -0.252. The number of carbonyl (C=O) groups excluding carboxylic acids is 1. The van der Waals surface area contributed by atoms with Gasteiger partial charge < -0.3 is 14.8 Å². The average molecular weight is 463 g/mol. The monoisotopic (exact) mass is 462 g/mol. The highest BCUT2D eigenvalue weighted by molar-refractivity contribution is 5.92. The summed E-state index contributed by atoms with van der Waals surface area (Å²) in [7, 11) is 0. The molecule has 0 spiro atoms. The van der Waals surface area contributed by atoms with Crippen molar-refractivity contribution in [3.8, 4) is 5.75 Å². The van der Waals surface area contributed by atoms with E-state index in [0.29, 0.717) is 23.2 Å². The van der Waals surface area contributed by atoms with Gasteiger partial charge >= 0.3 is 0 Å². The highest BCUT2D eigenvalue weighted by atomic mass is 16.5. The molecule has 34 heavy (non-hydrogen) atoms. The lowest BCUT2D eigenvalue weighted by atomic mass is 10.2. The zero-order valence-corrected chi connectivity index (χ0v) is 19.3. The lowest BCUT2D eigenvalue weighted by Crippen LogP contribution is -2.35. The van der Waals surface area contributed by atoms with Crippen LogP contribution in [0.3, 0.4) is 0 Å². The maximum absolute atomic E-state index is 13.0. The van der Waals surface area contributed by atoms with Crippen LogP contribution in [-0.2, 0) is 29.0 Å². The first-order chi connectivity index (χ1) is 16.7. The number of morpholine rings is 1. The summed E-state index contributed by atoms with van der Waals surface area (Å²) in [4.78, 5) is 32.4. The van der Waals surface area contributed by atoms with E-state index in [1.165, 1.54) is 5.56 Å². The molecule has 0 unspecified atom stereocenters. The van der Waals surface area contributed by atoms with Gasteiger partial charge in [0.2, 0.25) is 0 Å². The number of hydrogen-bond acceptors (Lipinski definition) is 6. The molecule has 8 heteroatoms. The van der Waals surface area contributed by atoms with Crippen LogP contribution in [0.25, 0.3) is 10.9 Å². The van der Waals surface area contributed by atoms with Crippen molar-refractivity contribution in [3.63, 3.8) is 0 Å². The zero-order valence-electron chi connectivity index (χ0n) is 19.3. The van der Waals surface area contributed by atoms with Gasteiger partial charge in [-0.15, -0.1) is 0 Å². The molecular formula is C26H30N4O4. The van der Waals surface area contributed by atoms with Crippen LogP contribution in [-0.4, -0.2) is 53.3 Å². The summed E-state index contributed by atoms with van der Waals surface area (Å²) in [6.45, 7) is 4.88. The summed E-state index contributed by atoms with van der Waals surface area (Å²) in [5.41, 5.74) is 2.56. The molecule has 1 saturated heterocycles. The van der Waals surface area contributed by atoms with E-state index in [-0.39, 0.29) is 18.1 Å². The van der Waals surface area contributed by atoms with Gasteiger partial charge in [0.05, 0.1) is 24.1 Å². The molecule has 1 amide bonds. The van der Waals surface area contributed by atoms with Gasteiger partial charge in [0.25, 0.3) is 11.5 Å². The minimum Gasteiger partial charge on any atom is -0.484 e. The van der Waals surface area contributed by atoms with Gasteiger partial charge in [-0.25, -0.2) is 4.98 Å². The van der Waals surface area contributed by atoms with E-state index in [1.54, 1.807) is 22.8 Å². The first-order valence-corrected chi connectivity index (χ1v) is 12.0. The lowest BCUT2D eigenvalue weighted by molar-refractivity contribution is -0.118. The molecule has 3 aromatic rings. The van der Waals surface area contributed by atoms with Crippen molar-refractivity contribution < 1.29 is 14.3 Å². The predicted molar refractivity (Wildman–Crippen MR) is 130 cm³/mol. The Kier molecular flexibility index (Phi) is 6.87. The van der Waals surface area contributed by atoms with Crippen LogP contribution < -0.4 is 15.6 Å². The van der Waals surface area contributed by atoms with E-state index in [2.05, 4.69) is 10.2 Å². The third-order valence-electron chi connectivity index (χ3n) is 6.40. The molecule has 2 aliphatic rings. The molecule has 1 aromatic heterocycles. The highest BCUT2D eigenvalue weighted by Gasteiger charge is 2.15. The Hall–Kier alpha value is -3.23. The van der Waals surface area contributed by atoms with Crippen LogP contribution in [0.4, 0.5) is 5.69 Å². The molecule has 8 nitrogen and oxygen atoms in total. The number of fused-ring (bicyclic) bond motifs is 2. The molecule has 3 heterocycles. The SMILES string of the molecule is O=C(COc1ccc2nc3n(c(=O)c2c1)CCCCC3)Nc1ccc(CN2CCOCC2)cc1. The quantitative estimate of drug-likeness (QED) is 0.606. The summed E-state index contributed by atoms with van der Waals surface area (Å²) in [6, 6.07) is 13.1. The van der Waals surface area contributed by atoms with Crippen LogP contribution in [0.5, 0.6) is 5.75 Å². The van der Waals surface area contributed by atoms with E-state index in [9.17, 15) is 9.59 Å². The van der Waals surface area contributed by atoms with E-state index < -0.39 is 0 Å². The van der Waals surface area contributed by atoms with Gasteiger partial charge in [-0.2, -0.15) is 0 Å². The number of ether oxygens (including phenoxy) is 2. The molecule has 0 atom stereocenters. The largest absolute Gasteiger partial charge is 0.484 e. The Morgan fingerprint density at radius 3 is 2.68 bits per heavy atom. The number of nitrogens with zero attached hydrogens (tertiary/aromatic N) is 3. The molecule has 0 radical (unpaired) electrons. The van der Waals surface area contributed by atoms with Crippen LogP contribution in [0.15, 0.2) is 47.3 Å². The van der Waals surface area contributed by atoms with Crippen LogP contribution in [0.1, 0.15) is 30.7 Å². The standard InChI is InChI=1S/C26H30N4O4/c31-25(27-20-7-5-19(6-8-20)17-29-12-14-33-15-13-29)18-34-21-9-10-23-22(16-21)26(32)30-11-3-1-2-4-24(30)28-23/h5-10,16H,1-4,11-15,17-18H2,(H,27,31). The summed E-state index contributed by atoms with van der Waals surface area (Å²) >= 11 is 0. The highest BCUT2D eigenvalue weighted by Crippen LogP contribution is 2.20. The topological polar surface area (TPSA) is 85.7 Å². The fourth-order valence-electron chi connectivity index (χ4n) is 4.54. The molecule has 2 aromatic carbocycles. The fourth-order valence-corrected chi connectivity index (χ4v) is 4.54. The Bertz CT molecular complexity index is 1220. The summed E-state index contributed by atoms with van der Waals surface area (Å²) in [5, 5.41) is 3.39. The second-order valence-corrected chi connectivity index (χ2v) is 8.90. The van der Waals surface area contributed by atoms with E-state index in [1.807, 2.05) is 24.3 Å². The second kappa shape index (κ2) is 10.4. The lowest BCUT2D eigenvalue weighted by Gasteiger charge is -2.26. The maximum Gasteiger partial charge on any atom is 0.262 e. The van der Waals surface area contributed by atoms with Gasteiger partial charge in [-0.3, -0.25) is 19.1 Å². The zero-order chi connectivity index (χ0) is 23.3. The first kappa shape index (κ1) is 22.6. The third kappa shape index (κ3) is 5.29. The Balaban J connectivity index is 1.19. The number of aryl methyl sites for hydroxylation is 1. The van der Waals surface area contributed by atoms with Gasteiger partial charge in [-0.05, 0) is 48.7 Å². The number of nitrogens with one attached hydrogen (secondary N) is 1. The van der Waals surface area contributed by atoms with Crippen molar-refractivity contribution in [3.05, 3.63) is 64.2 Å². The number of amides is 1. The van der Waals surface area contributed by atoms with Gasteiger partial charge in [0.15, 0.2) is 6.61 Å². The average Bonchev–Trinajstić information content (AvgIpc) is 3.11. The number of rotatable bonds is 6. The van der Waals surface area contributed by atoms with Crippen molar-refractivity contribution in [1.29, 1.82) is 0 Å². The Labute approximate surface area is 198 Å². The van der Waals surface area contributed by atoms with Gasteiger partial charge in [0, 0.05) is 38.3 Å². The van der Waals surface area contributed by atoms with Crippen molar-refractivity contribution in [2.45, 2.75) is 38.8 Å². The molecule has 0 aliphatic carbocycles. The first-order valence-electron chi connectivity index (χ1n) is 12.0. The summed E-state index contributed by atoms with van der Waals surface area (Å²) < 4.78 is 12.9. The molecule has 5 rings (SSSR count). The number of anilines is 1. The van der Waals surface area contributed by atoms with Crippen LogP contribution in [0, 0.1) is 0 Å². The molecule has 0 bridgehead atoms. The normalized spacial score (nSPS) is 16.6. The van der Waals surface area contributed by atoms with E-state index in [0.717, 1.165) is 70.0 Å².